The average Bonchev–Trinajstić information content (AvgIpc) is 3.12. The first-order valence-corrected chi connectivity index (χ1v) is 9.60. The highest BCUT2D eigenvalue weighted by molar-refractivity contribution is 7.17. The summed E-state index contributed by atoms with van der Waals surface area (Å²) in [6, 6.07) is 22.0. The van der Waals surface area contributed by atoms with Crippen LogP contribution in [0.2, 0.25) is 5.02 Å². The Bertz CT molecular complexity index is 829. The molecule has 0 bridgehead atoms. The first kappa shape index (κ1) is 17.7. The van der Waals surface area contributed by atoms with Crippen molar-refractivity contribution in [3.05, 3.63) is 82.2 Å². The second-order valence-electron chi connectivity index (χ2n) is 5.87. The third kappa shape index (κ3) is 5.18. The zero-order valence-electron chi connectivity index (χ0n) is 13.9. The van der Waals surface area contributed by atoms with Crippen molar-refractivity contribution < 1.29 is 4.79 Å². The second kappa shape index (κ2) is 8.84. The molecule has 0 aliphatic rings. The molecule has 1 heterocycles. The maximum absolute atomic E-state index is 12.3. The highest BCUT2D eigenvalue weighted by Crippen LogP contribution is 2.29. The Morgan fingerprint density at radius 1 is 0.960 bits per heavy atom. The molecule has 0 atom stereocenters. The fourth-order valence-corrected chi connectivity index (χ4v) is 3.75. The summed E-state index contributed by atoms with van der Waals surface area (Å²) in [4.78, 5) is 14.0. The Kier molecular flexibility index (Phi) is 6.26. The van der Waals surface area contributed by atoms with Gasteiger partial charge in [-0.3, -0.25) is 4.79 Å². The number of thiophene rings is 1. The number of rotatable bonds is 7. The van der Waals surface area contributed by atoms with Gasteiger partial charge in [0.05, 0.1) is 4.88 Å². The quantitative estimate of drug-likeness (QED) is 0.522. The summed E-state index contributed by atoms with van der Waals surface area (Å²) in [6.45, 7) is 0.704. The highest BCUT2D eigenvalue weighted by Gasteiger charge is 2.10. The molecule has 1 aromatic heterocycles. The van der Waals surface area contributed by atoms with Gasteiger partial charge in [0.15, 0.2) is 0 Å². The van der Waals surface area contributed by atoms with Crippen molar-refractivity contribution in [1.82, 2.24) is 5.32 Å². The average molecular weight is 370 g/mol. The molecule has 0 saturated carbocycles. The number of aryl methyl sites for hydroxylation is 1. The Hall–Kier alpha value is -2.10. The number of hydrogen-bond acceptors (Lipinski definition) is 2. The topological polar surface area (TPSA) is 29.1 Å². The number of carbonyl (C=O) groups is 1. The maximum Gasteiger partial charge on any atom is 0.261 e. The van der Waals surface area contributed by atoms with Crippen molar-refractivity contribution >= 4 is 28.8 Å². The fourth-order valence-electron chi connectivity index (χ4n) is 2.64. The number of carbonyl (C=O) groups excluding carboxylic acids is 1. The van der Waals surface area contributed by atoms with Crippen LogP contribution < -0.4 is 5.32 Å². The second-order valence-corrected chi connectivity index (χ2v) is 7.39. The summed E-state index contributed by atoms with van der Waals surface area (Å²) in [5.74, 6) is -0.00186. The SMILES string of the molecule is O=C(NCCCCc1ccccc1)c1ccc(-c2cccc(Cl)c2)s1. The molecule has 3 aromatic rings. The maximum atomic E-state index is 12.3. The molecule has 128 valence electrons. The van der Waals surface area contributed by atoms with Crippen LogP contribution in [-0.2, 0) is 6.42 Å². The van der Waals surface area contributed by atoms with Gasteiger partial charge in [-0.2, -0.15) is 0 Å². The third-order valence-electron chi connectivity index (χ3n) is 3.96. The van der Waals surface area contributed by atoms with Crippen LogP contribution in [0, 0.1) is 0 Å². The lowest BCUT2D eigenvalue weighted by molar-refractivity contribution is 0.0957. The summed E-state index contributed by atoms with van der Waals surface area (Å²) in [5, 5.41) is 3.71. The minimum absolute atomic E-state index is 0.00186. The van der Waals surface area contributed by atoms with Gasteiger partial charge >= 0.3 is 0 Å². The molecule has 1 amide bonds. The van der Waals surface area contributed by atoms with Crippen molar-refractivity contribution in [3.8, 4) is 10.4 Å². The van der Waals surface area contributed by atoms with E-state index in [1.165, 1.54) is 16.9 Å². The number of unbranched alkanes of at least 4 members (excludes halogenated alkanes) is 1. The first-order chi connectivity index (χ1) is 12.2. The Balaban J connectivity index is 1.46. The van der Waals surface area contributed by atoms with Crippen LogP contribution in [0.1, 0.15) is 28.1 Å². The Morgan fingerprint density at radius 3 is 2.60 bits per heavy atom. The largest absolute Gasteiger partial charge is 0.351 e. The minimum Gasteiger partial charge on any atom is -0.351 e. The van der Waals surface area contributed by atoms with E-state index in [2.05, 4.69) is 29.6 Å². The highest BCUT2D eigenvalue weighted by atomic mass is 35.5. The number of benzene rings is 2. The van der Waals surface area contributed by atoms with E-state index in [4.69, 9.17) is 11.6 Å². The summed E-state index contributed by atoms with van der Waals surface area (Å²) >= 11 is 7.52. The van der Waals surface area contributed by atoms with Gasteiger partial charge in [-0.15, -0.1) is 11.3 Å². The molecule has 25 heavy (non-hydrogen) atoms. The van der Waals surface area contributed by atoms with Crippen molar-refractivity contribution in [2.45, 2.75) is 19.3 Å². The summed E-state index contributed by atoms with van der Waals surface area (Å²) in [6.07, 6.45) is 3.10. The zero-order chi connectivity index (χ0) is 17.5. The van der Waals surface area contributed by atoms with Gasteiger partial charge in [-0.1, -0.05) is 54.1 Å². The van der Waals surface area contributed by atoms with Gasteiger partial charge in [0, 0.05) is 16.4 Å². The van der Waals surface area contributed by atoms with Crippen molar-refractivity contribution in [2.75, 3.05) is 6.54 Å². The van der Waals surface area contributed by atoms with Gasteiger partial charge in [0.1, 0.15) is 0 Å². The third-order valence-corrected chi connectivity index (χ3v) is 5.33. The predicted molar refractivity (Wildman–Crippen MR) is 106 cm³/mol. The summed E-state index contributed by atoms with van der Waals surface area (Å²) in [7, 11) is 0. The lowest BCUT2D eigenvalue weighted by atomic mass is 10.1. The van der Waals surface area contributed by atoms with E-state index in [0.717, 1.165) is 34.6 Å². The molecule has 2 nitrogen and oxygen atoms in total. The zero-order valence-corrected chi connectivity index (χ0v) is 15.4. The van der Waals surface area contributed by atoms with E-state index in [-0.39, 0.29) is 5.91 Å². The number of nitrogens with one attached hydrogen (secondary N) is 1. The normalized spacial score (nSPS) is 10.6. The summed E-state index contributed by atoms with van der Waals surface area (Å²) in [5.41, 5.74) is 2.39. The molecule has 0 spiro atoms. The molecule has 0 fully saturated rings. The Morgan fingerprint density at radius 2 is 1.80 bits per heavy atom. The standard InChI is InChI=1S/C21H20ClNOS/c22-18-11-6-10-17(15-18)19-12-13-20(25-19)21(24)23-14-5-4-9-16-7-2-1-3-8-16/h1-3,6-8,10-13,15H,4-5,9,14H2,(H,23,24). The van der Waals surface area contributed by atoms with Gasteiger partial charge < -0.3 is 5.32 Å². The van der Waals surface area contributed by atoms with Crippen LogP contribution in [0.4, 0.5) is 0 Å². The molecular formula is C21H20ClNOS. The van der Waals surface area contributed by atoms with Crippen LogP contribution in [0.5, 0.6) is 0 Å². The van der Waals surface area contributed by atoms with Gasteiger partial charge in [-0.25, -0.2) is 0 Å². The minimum atomic E-state index is -0.00186. The van der Waals surface area contributed by atoms with E-state index in [1.54, 1.807) is 0 Å². The molecule has 0 radical (unpaired) electrons. The van der Waals surface area contributed by atoms with E-state index < -0.39 is 0 Å². The van der Waals surface area contributed by atoms with Gasteiger partial charge in [-0.05, 0) is 54.7 Å². The van der Waals surface area contributed by atoms with Crippen molar-refractivity contribution in [1.29, 1.82) is 0 Å². The number of hydrogen-bond donors (Lipinski definition) is 1. The molecule has 0 aliphatic heterocycles. The van der Waals surface area contributed by atoms with Crippen molar-refractivity contribution in [3.63, 3.8) is 0 Å². The first-order valence-electron chi connectivity index (χ1n) is 8.40. The molecule has 0 aliphatic carbocycles. The lowest BCUT2D eigenvalue weighted by Gasteiger charge is -2.04. The fraction of sp³-hybridized carbons (Fsp3) is 0.190. The summed E-state index contributed by atoms with van der Waals surface area (Å²) < 4.78 is 0. The monoisotopic (exact) mass is 369 g/mol. The number of halogens is 1. The lowest BCUT2D eigenvalue weighted by Crippen LogP contribution is -2.23. The molecule has 4 heteroatoms. The van der Waals surface area contributed by atoms with Crippen LogP contribution in [0.3, 0.4) is 0 Å². The predicted octanol–water partition coefficient (Wildman–Crippen LogP) is 5.82. The van der Waals surface area contributed by atoms with Crippen LogP contribution in [-0.4, -0.2) is 12.5 Å². The van der Waals surface area contributed by atoms with E-state index in [9.17, 15) is 4.79 Å². The van der Waals surface area contributed by atoms with Crippen LogP contribution in [0.25, 0.3) is 10.4 Å². The molecule has 3 rings (SSSR count). The molecule has 2 aromatic carbocycles. The molecule has 0 unspecified atom stereocenters. The smallest absolute Gasteiger partial charge is 0.261 e. The van der Waals surface area contributed by atoms with Gasteiger partial charge in [0.2, 0.25) is 0 Å². The van der Waals surface area contributed by atoms with E-state index in [1.807, 2.05) is 42.5 Å². The van der Waals surface area contributed by atoms with E-state index >= 15 is 0 Å². The van der Waals surface area contributed by atoms with Crippen LogP contribution >= 0.6 is 22.9 Å². The molecule has 0 saturated heterocycles. The van der Waals surface area contributed by atoms with Crippen molar-refractivity contribution in [2.24, 2.45) is 0 Å². The molecular weight excluding hydrogens is 350 g/mol. The molecule has 1 N–H and O–H groups in total. The van der Waals surface area contributed by atoms with Gasteiger partial charge in [0.25, 0.3) is 5.91 Å². The Labute approximate surface area is 157 Å². The number of amides is 1. The van der Waals surface area contributed by atoms with E-state index in [0.29, 0.717) is 11.6 Å². The van der Waals surface area contributed by atoms with Crippen LogP contribution in [0.15, 0.2) is 66.7 Å².